The van der Waals surface area contributed by atoms with Gasteiger partial charge in [0.2, 0.25) is 5.91 Å². The van der Waals surface area contributed by atoms with Crippen molar-refractivity contribution in [1.29, 1.82) is 0 Å². The van der Waals surface area contributed by atoms with Gasteiger partial charge in [0.1, 0.15) is 12.4 Å². The second-order valence-electron chi connectivity index (χ2n) is 5.57. The van der Waals surface area contributed by atoms with Crippen molar-refractivity contribution in [2.45, 2.75) is 38.6 Å². The van der Waals surface area contributed by atoms with Crippen molar-refractivity contribution in [3.8, 4) is 5.75 Å². The molecule has 0 atom stereocenters. The fourth-order valence-corrected chi connectivity index (χ4v) is 2.57. The Hall–Kier alpha value is -1.55. The first-order valence-electron chi connectivity index (χ1n) is 7.38. The molecule has 1 amide bonds. The minimum atomic E-state index is 0.133. The zero-order valence-electron chi connectivity index (χ0n) is 12.1. The number of hydrogen-bond donors (Lipinski definition) is 2. The van der Waals surface area contributed by atoms with Crippen LogP contribution in [0.5, 0.6) is 5.75 Å². The Bertz CT molecular complexity index is 440. The molecule has 1 aromatic rings. The molecule has 0 spiro atoms. The molecule has 4 nitrogen and oxygen atoms in total. The summed E-state index contributed by atoms with van der Waals surface area (Å²) in [5.74, 6) is 1.13. The van der Waals surface area contributed by atoms with Gasteiger partial charge in [0, 0.05) is 12.0 Å². The van der Waals surface area contributed by atoms with Crippen LogP contribution in [0.25, 0.3) is 0 Å². The highest BCUT2D eigenvalue weighted by Gasteiger charge is 2.23. The third kappa shape index (κ3) is 4.53. The van der Waals surface area contributed by atoms with Crippen molar-refractivity contribution in [3.05, 3.63) is 29.8 Å². The molecule has 0 aliphatic heterocycles. The van der Waals surface area contributed by atoms with E-state index < -0.39 is 0 Å². The van der Waals surface area contributed by atoms with E-state index in [1.165, 1.54) is 5.56 Å². The molecule has 4 heteroatoms. The van der Waals surface area contributed by atoms with E-state index in [0.29, 0.717) is 13.2 Å². The summed E-state index contributed by atoms with van der Waals surface area (Å²) in [4.78, 5) is 12.0. The zero-order chi connectivity index (χ0) is 14.4. The second kappa shape index (κ2) is 7.29. The fraction of sp³-hybridized carbons (Fsp3) is 0.562. The lowest BCUT2D eigenvalue weighted by Gasteiger charge is -2.25. The van der Waals surface area contributed by atoms with E-state index in [4.69, 9.17) is 10.5 Å². The summed E-state index contributed by atoms with van der Waals surface area (Å²) in [5.41, 5.74) is 7.01. The van der Waals surface area contributed by atoms with Gasteiger partial charge in [-0.05, 0) is 50.3 Å². The summed E-state index contributed by atoms with van der Waals surface area (Å²) in [6.45, 7) is 3.08. The monoisotopic (exact) mass is 276 g/mol. The number of benzene rings is 1. The van der Waals surface area contributed by atoms with Gasteiger partial charge in [-0.15, -0.1) is 0 Å². The molecule has 3 N–H and O–H groups in total. The normalized spacial score (nSPS) is 22.3. The predicted octanol–water partition coefficient (Wildman–Crippen LogP) is 2.01. The van der Waals surface area contributed by atoms with Crippen LogP contribution in [0.1, 0.15) is 31.2 Å². The van der Waals surface area contributed by atoms with E-state index in [-0.39, 0.29) is 17.9 Å². The van der Waals surface area contributed by atoms with E-state index in [1.807, 2.05) is 31.2 Å². The maximum absolute atomic E-state index is 12.0. The van der Waals surface area contributed by atoms with Gasteiger partial charge in [0.05, 0.1) is 6.54 Å². The molecule has 1 aliphatic carbocycles. The third-order valence-electron chi connectivity index (χ3n) is 3.80. The van der Waals surface area contributed by atoms with Crippen LogP contribution >= 0.6 is 0 Å². The Kier molecular flexibility index (Phi) is 5.41. The number of aryl methyl sites for hydroxylation is 1. The second-order valence-corrected chi connectivity index (χ2v) is 5.57. The molecule has 0 saturated heterocycles. The predicted molar refractivity (Wildman–Crippen MR) is 79.6 cm³/mol. The van der Waals surface area contributed by atoms with Gasteiger partial charge >= 0.3 is 0 Å². The molecule has 0 heterocycles. The molecule has 1 aromatic carbocycles. The molecule has 110 valence electrons. The largest absolute Gasteiger partial charge is 0.492 e. The van der Waals surface area contributed by atoms with Crippen molar-refractivity contribution in [3.63, 3.8) is 0 Å². The first-order chi connectivity index (χ1) is 9.65. The fourth-order valence-electron chi connectivity index (χ4n) is 2.57. The molecule has 0 aromatic heterocycles. The van der Waals surface area contributed by atoms with Gasteiger partial charge in [0.15, 0.2) is 0 Å². The van der Waals surface area contributed by atoms with Gasteiger partial charge < -0.3 is 15.8 Å². The number of rotatable bonds is 5. The maximum Gasteiger partial charge on any atom is 0.223 e. The van der Waals surface area contributed by atoms with Crippen LogP contribution in [0.3, 0.4) is 0 Å². The molecule has 0 bridgehead atoms. The number of carbonyl (C=O) groups is 1. The summed E-state index contributed by atoms with van der Waals surface area (Å²) in [5, 5.41) is 2.95. The van der Waals surface area contributed by atoms with Crippen molar-refractivity contribution in [2.24, 2.45) is 11.7 Å². The molecular weight excluding hydrogens is 252 g/mol. The standard InChI is InChI=1S/C16H24N2O2/c1-12-3-2-4-15(11-12)20-10-9-18-16(19)13-5-7-14(17)8-6-13/h2-4,11,13-14H,5-10,17H2,1H3,(H,18,19). The Balaban J connectivity index is 1.64. The minimum Gasteiger partial charge on any atom is -0.492 e. The molecule has 1 fully saturated rings. The van der Waals surface area contributed by atoms with E-state index in [0.717, 1.165) is 31.4 Å². The van der Waals surface area contributed by atoms with Gasteiger partial charge in [-0.2, -0.15) is 0 Å². The number of carbonyl (C=O) groups excluding carboxylic acids is 1. The summed E-state index contributed by atoms with van der Waals surface area (Å²) in [6, 6.07) is 8.20. The molecule has 1 aliphatic rings. The molecule has 2 rings (SSSR count). The molecule has 0 radical (unpaired) electrons. The number of nitrogens with two attached hydrogens (primary N) is 1. The number of nitrogens with one attached hydrogen (secondary N) is 1. The van der Waals surface area contributed by atoms with Crippen molar-refractivity contribution in [1.82, 2.24) is 5.32 Å². The van der Waals surface area contributed by atoms with Crippen LogP contribution in [0.2, 0.25) is 0 Å². The van der Waals surface area contributed by atoms with Crippen LogP contribution in [0.15, 0.2) is 24.3 Å². The SMILES string of the molecule is Cc1cccc(OCCNC(=O)C2CCC(N)CC2)c1. The highest BCUT2D eigenvalue weighted by Crippen LogP contribution is 2.23. The molecule has 0 unspecified atom stereocenters. The summed E-state index contributed by atoms with van der Waals surface area (Å²) in [7, 11) is 0. The van der Waals surface area contributed by atoms with Crippen molar-refractivity contribution >= 4 is 5.91 Å². The summed E-state index contributed by atoms with van der Waals surface area (Å²) in [6.07, 6.45) is 3.73. The first kappa shape index (κ1) is 14.9. The van der Waals surface area contributed by atoms with Gasteiger partial charge in [-0.25, -0.2) is 0 Å². The highest BCUT2D eigenvalue weighted by molar-refractivity contribution is 5.78. The van der Waals surface area contributed by atoms with E-state index in [1.54, 1.807) is 0 Å². The Morgan fingerprint density at radius 1 is 1.35 bits per heavy atom. The lowest BCUT2D eigenvalue weighted by molar-refractivity contribution is -0.126. The van der Waals surface area contributed by atoms with E-state index in [2.05, 4.69) is 5.32 Å². The highest BCUT2D eigenvalue weighted by atomic mass is 16.5. The van der Waals surface area contributed by atoms with Crippen LogP contribution in [0.4, 0.5) is 0 Å². The lowest BCUT2D eigenvalue weighted by atomic mass is 9.86. The summed E-state index contributed by atoms with van der Waals surface area (Å²) >= 11 is 0. The van der Waals surface area contributed by atoms with Crippen molar-refractivity contribution in [2.75, 3.05) is 13.2 Å². The average Bonchev–Trinajstić information content (AvgIpc) is 2.44. The number of hydrogen-bond acceptors (Lipinski definition) is 3. The van der Waals surface area contributed by atoms with Gasteiger partial charge in [-0.1, -0.05) is 12.1 Å². The molecule has 20 heavy (non-hydrogen) atoms. The van der Waals surface area contributed by atoms with Crippen molar-refractivity contribution < 1.29 is 9.53 Å². The van der Waals surface area contributed by atoms with Crippen LogP contribution < -0.4 is 15.8 Å². The van der Waals surface area contributed by atoms with Crippen LogP contribution in [-0.4, -0.2) is 25.1 Å². The Morgan fingerprint density at radius 3 is 2.80 bits per heavy atom. The Morgan fingerprint density at radius 2 is 2.10 bits per heavy atom. The van der Waals surface area contributed by atoms with Gasteiger partial charge in [0.25, 0.3) is 0 Å². The number of ether oxygens (including phenoxy) is 1. The molecular formula is C16H24N2O2. The van der Waals surface area contributed by atoms with Crippen LogP contribution in [0, 0.1) is 12.8 Å². The van der Waals surface area contributed by atoms with E-state index in [9.17, 15) is 4.79 Å². The summed E-state index contributed by atoms with van der Waals surface area (Å²) < 4.78 is 5.61. The third-order valence-corrected chi connectivity index (χ3v) is 3.80. The molecule has 1 saturated carbocycles. The maximum atomic E-state index is 12.0. The average molecular weight is 276 g/mol. The Labute approximate surface area is 120 Å². The zero-order valence-corrected chi connectivity index (χ0v) is 12.1. The first-order valence-corrected chi connectivity index (χ1v) is 7.38. The number of amides is 1. The smallest absolute Gasteiger partial charge is 0.223 e. The van der Waals surface area contributed by atoms with E-state index >= 15 is 0 Å². The quantitative estimate of drug-likeness (QED) is 0.809. The minimum absolute atomic E-state index is 0.133. The van der Waals surface area contributed by atoms with Gasteiger partial charge in [-0.3, -0.25) is 4.79 Å². The van der Waals surface area contributed by atoms with Crippen LogP contribution in [-0.2, 0) is 4.79 Å². The lowest BCUT2D eigenvalue weighted by Crippen LogP contribution is -2.37. The topological polar surface area (TPSA) is 64.3 Å².